The van der Waals surface area contributed by atoms with Crippen molar-refractivity contribution in [2.24, 2.45) is 0 Å². The zero-order valence-electron chi connectivity index (χ0n) is 10.4. The Morgan fingerprint density at radius 2 is 1.79 bits per heavy atom. The number of para-hydroxylation sites is 1. The van der Waals surface area contributed by atoms with Gasteiger partial charge in [-0.3, -0.25) is 0 Å². The van der Waals surface area contributed by atoms with Crippen LogP contribution in [0.25, 0.3) is 0 Å². The van der Waals surface area contributed by atoms with Crippen molar-refractivity contribution in [2.45, 2.75) is 11.8 Å². The van der Waals surface area contributed by atoms with Gasteiger partial charge in [-0.15, -0.1) is 0 Å². The Morgan fingerprint density at radius 1 is 1.05 bits per heavy atom. The molecule has 0 N–H and O–H groups in total. The summed E-state index contributed by atoms with van der Waals surface area (Å²) in [4.78, 5) is 0.0853. The van der Waals surface area contributed by atoms with Crippen molar-refractivity contribution < 1.29 is 4.74 Å². The maximum absolute atomic E-state index is 5.69. The molecule has 4 heteroatoms. The first-order valence-corrected chi connectivity index (χ1v) is 8.44. The van der Waals surface area contributed by atoms with Gasteiger partial charge in [0.15, 0.2) is 0 Å². The smallest absolute Gasteiger partial charge is 0.123 e. The van der Waals surface area contributed by atoms with Gasteiger partial charge in [-0.1, -0.05) is 66.0 Å². The average molecular weight is 449 g/mol. The molecule has 2 rings (SSSR count). The molecule has 0 aromatic heterocycles. The van der Waals surface area contributed by atoms with E-state index < -0.39 is 0 Å². The molecular formula is C15H13Br3O. The molecule has 19 heavy (non-hydrogen) atoms. The Hall–Kier alpha value is -0.320. The molecule has 100 valence electrons. The molecule has 0 amide bonds. The van der Waals surface area contributed by atoms with E-state index in [1.807, 2.05) is 37.3 Å². The number of alkyl halides is 1. The first-order chi connectivity index (χ1) is 9.13. The van der Waals surface area contributed by atoms with Gasteiger partial charge in [-0.05, 0) is 36.8 Å². The number of benzene rings is 2. The van der Waals surface area contributed by atoms with Gasteiger partial charge in [0.2, 0.25) is 0 Å². The molecule has 0 radical (unpaired) electrons. The summed E-state index contributed by atoms with van der Waals surface area (Å²) in [5, 5.41) is 0. The summed E-state index contributed by atoms with van der Waals surface area (Å²) in [5.74, 6) is 0.916. The second-order valence-electron chi connectivity index (χ2n) is 4.00. The van der Waals surface area contributed by atoms with Crippen molar-refractivity contribution in [1.29, 1.82) is 0 Å². The predicted octanol–water partition coefficient (Wildman–Crippen LogP) is 6.09. The molecule has 0 saturated carbocycles. The second kappa shape index (κ2) is 6.91. The normalized spacial score (nSPS) is 12.2. The quantitative estimate of drug-likeness (QED) is 0.514. The van der Waals surface area contributed by atoms with Gasteiger partial charge < -0.3 is 4.74 Å². The standard InChI is InChI=1S/C15H13Br3O/c1-2-19-14-6-4-3-5-11(14)15(18)12-9-10(16)7-8-13(12)17/h3-9,15H,2H2,1H3. The van der Waals surface area contributed by atoms with Gasteiger partial charge in [0.25, 0.3) is 0 Å². The molecule has 2 aromatic rings. The van der Waals surface area contributed by atoms with E-state index in [4.69, 9.17) is 4.74 Å². The fourth-order valence-corrected chi connectivity index (χ4v) is 3.77. The molecule has 2 aromatic carbocycles. The van der Waals surface area contributed by atoms with E-state index in [2.05, 4.69) is 59.9 Å². The Labute approximate surface area is 138 Å². The number of hydrogen-bond donors (Lipinski definition) is 0. The summed E-state index contributed by atoms with van der Waals surface area (Å²) in [7, 11) is 0. The van der Waals surface area contributed by atoms with Crippen molar-refractivity contribution in [2.75, 3.05) is 6.61 Å². The maximum Gasteiger partial charge on any atom is 0.123 e. The van der Waals surface area contributed by atoms with E-state index in [9.17, 15) is 0 Å². The van der Waals surface area contributed by atoms with Crippen molar-refractivity contribution in [3.63, 3.8) is 0 Å². The lowest BCUT2D eigenvalue weighted by molar-refractivity contribution is 0.337. The zero-order valence-corrected chi connectivity index (χ0v) is 15.1. The molecule has 0 aliphatic rings. The number of rotatable bonds is 4. The highest BCUT2D eigenvalue weighted by Gasteiger charge is 2.17. The number of hydrogen-bond acceptors (Lipinski definition) is 1. The first kappa shape index (κ1) is 15.1. The van der Waals surface area contributed by atoms with Crippen LogP contribution in [0.15, 0.2) is 51.4 Å². The van der Waals surface area contributed by atoms with Gasteiger partial charge >= 0.3 is 0 Å². The van der Waals surface area contributed by atoms with Gasteiger partial charge in [0.1, 0.15) is 5.75 Å². The fraction of sp³-hybridized carbons (Fsp3) is 0.200. The molecule has 0 aliphatic carbocycles. The molecule has 0 aliphatic heterocycles. The topological polar surface area (TPSA) is 9.23 Å². The van der Waals surface area contributed by atoms with E-state index in [-0.39, 0.29) is 4.83 Å². The van der Waals surface area contributed by atoms with E-state index in [0.29, 0.717) is 6.61 Å². The van der Waals surface area contributed by atoms with Crippen LogP contribution in [0, 0.1) is 0 Å². The van der Waals surface area contributed by atoms with Crippen molar-refractivity contribution in [1.82, 2.24) is 0 Å². The fourth-order valence-electron chi connectivity index (χ4n) is 1.85. The molecule has 1 nitrogen and oxygen atoms in total. The van der Waals surface area contributed by atoms with Crippen LogP contribution < -0.4 is 4.74 Å². The molecule has 0 heterocycles. The molecule has 0 saturated heterocycles. The predicted molar refractivity (Wildman–Crippen MR) is 90.2 cm³/mol. The highest BCUT2D eigenvalue weighted by atomic mass is 79.9. The number of halogens is 3. The van der Waals surface area contributed by atoms with Gasteiger partial charge in [0, 0.05) is 14.5 Å². The van der Waals surface area contributed by atoms with Crippen molar-refractivity contribution >= 4 is 47.8 Å². The molecule has 1 unspecified atom stereocenters. The van der Waals surface area contributed by atoms with Gasteiger partial charge in [-0.25, -0.2) is 0 Å². The average Bonchev–Trinajstić information content (AvgIpc) is 2.42. The molecule has 1 atom stereocenters. The van der Waals surface area contributed by atoms with Crippen molar-refractivity contribution in [3.8, 4) is 5.75 Å². The summed E-state index contributed by atoms with van der Waals surface area (Å²) in [6, 6.07) is 14.3. The van der Waals surface area contributed by atoms with Crippen LogP contribution in [0.2, 0.25) is 0 Å². The van der Waals surface area contributed by atoms with Crippen LogP contribution in [0.3, 0.4) is 0 Å². The van der Waals surface area contributed by atoms with E-state index in [1.54, 1.807) is 0 Å². The zero-order chi connectivity index (χ0) is 13.8. The first-order valence-electron chi connectivity index (χ1n) is 5.94. The molecular weight excluding hydrogens is 436 g/mol. The Bertz CT molecular complexity index is 569. The lowest BCUT2D eigenvalue weighted by Gasteiger charge is -2.17. The third-order valence-electron chi connectivity index (χ3n) is 2.72. The summed E-state index contributed by atoms with van der Waals surface area (Å²) in [6.07, 6.45) is 0. The number of ether oxygens (including phenoxy) is 1. The largest absolute Gasteiger partial charge is 0.494 e. The van der Waals surface area contributed by atoms with Crippen LogP contribution in [0.5, 0.6) is 5.75 Å². The molecule has 0 bridgehead atoms. The minimum Gasteiger partial charge on any atom is -0.494 e. The summed E-state index contributed by atoms with van der Waals surface area (Å²) < 4.78 is 7.83. The minimum absolute atomic E-state index is 0.0853. The SMILES string of the molecule is CCOc1ccccc1C(Br)c1cc(Br)ccc1Br. The van der Waals surface area contributed by atoms with Gasteiger partial charge in [0.05, 0.1) is 11.4 Å². The highest BCUT2D eigenvalue weighted by molar-refractivity contribution is 9.11. The van der Waals surface area contributed by atoms with Crippen LogP contribution in [-0.2, 0) is 0 Å². The Morgan fingerprint density at radius 3 is 2.53 bits per heavy atom. The Balaban J connectivity index is 2.43. The highest BCUT2D eigenvalue weighted by Crippen LogP contribution is 2.40. The van der Waals surface area contributed by atoms with E-state index >= 15 is 0 Å². The van der Waals surface area contributed by atoms with Crippen LogP contribution in [0.1, 0.15) is 22.9 Å². The Kier molecular flexibility index (Phi) is 5.48. The monoisotopic (exact) mass is 446 g/mol. The third-order valence-corrected chi connectivity index (χ3v) is 4.92. The van der Waals surface area contributed by atoms with Crippen LogP contribution in [0.4, 0.5) is 0 Å². The maximum atomic E-state index is 5.69. The third kappa shape index (κ3) is 3.61. The van der Waals surface area contributed by atoms with Crippen LogP contribution in [-0.4, -0.2) is 6.61 Å². The van der Waals surface area contributed by atoms with Crippen molar-refractivity contribution in [3.05, 3.63) is 62.5 Å². The summed E-state index contributed by atoms with van der Waals surface area (Å²) in [6.45, 7) is 2.66. The second-order valence-corrected chi connectivity index (χ2v) is 6.68. The molecule has 0 fully saturated rings. The lowest BCUT2D eigenvalue weighted by atomic mass is 10.0. The minimum atomic E-state index is 0.0853. The van der Waals surface area contributed by atoms with E-state index in [0.717, 1.165) is 20.3 Å². The van der Waals surface area contributed by atoms with E-state index in [1.165, 1.54) is 5.56 Å². The lowest BCUT2D eigenvalue weighted by Crippen LogP contribution is -2.00. The molecule has 0 spiro atoms. The summed E-state index contributed by atoms with van der Waals surface area (Å²) in [5.41, 5.74) is 2.30. The van der Waals surface area contributed by atoms with Crippen LogP contribution >= 0.6 is 47.8 Å². The van der Waals surface area contributed by atoms with Gasteiger partial charge in [-0.2, -0.15) is 0 Å². The summed E-state index contributed by atoms with van der Waals surface area (Å²) >= 11 is 10.9.